The van der Waals surface area contributed by atoms with Crippen LogP contribution in [0.1, 0.15) is 12.5 Å². The summed E-state index contributed by atoms with van der Waals surface area (Å²) in [5, 5.41) is 14.5. The van der Waals surface area contributed by atoms with Crippen LogP contribution in [0.4, 0.5) is 11.4 Å². The number of carbonyl (C=O) groups excluding carboxylic acids is 1. The second-order valence-corrected chi connectivity index (χ2v) is 9.54. The van der Waals surface area contributed by atoms with Crippen molar-refractivity contribution >= 4 is 40.4 Å². The topological polar surface area (TPSA) is 66.3 Å². The molecule has 0 spiro atoms. The molecule has 0 saturated carbocycles. The first-order chi connectivity index (χ1) is 15.0. The number of hydrogen-bond donors (Lipinski definition) is 1. The van der Waals surface area contributed by atoms with Crippen LogP contribution in [0.5, 0.6) is 0 Å². The highest BCUT2D eigenvalue weighted by Gasteiger charge is 2.17. The van der Waals surface area contributed by atoms with Crippen molar-refractivity contribution in [2.75, 3.05) is 49.2 Å². The molecule has 2 aromatic heterocycles. The van der Waals surface area contributed by atoms with E-state index >= 15 is 0 Å². The number of hydrogen-bond acceptors (Lipinski definition) is 7. The molecule has 1 aliphatic heterocycles. The van der Waals surface area contributed by atoms with Gasteiger partial charge in [-0.05, 0) is 56.1 Å². The number of nitrogens with zero attached hydrogens (tertiary/aromatic N) is 5. The van der Waals surface area contributed by atoms with E-state index in [9.17, 15) is 4.79 Å². The lowest BCUT2D eigenvalue weighted by atomic mass is 10.1. The van der Waals surface area contributed by atoms with Gasteiger partial charge in [-0.2, -0.15) is 0 Å². The van der Waals surface area contributed by atoms with Gasteiger partial charge in [-0.15, -0.1) is 21.5 Å². The summed E-state index contributed by atoms with van der Waals surface area (Å²) in [7, 11) is 2.16. The summed E-state index contributed by atoms with van der Waals surface area (Å²) in [6, 6.07) is 10.3. The van der Waals surface area contributed by atoms with Crippen molar-refractivity contribution in [2.24, 2.45) is 0 Å². The molecule has 164 valence electrons. The van der Waals surface area contributed by atoms with Crippen molar-refractivity contribution in [1.29, 1.82) is 0 Å². The number of thioether (sulfide) groups is 1. The Balaban J connectivity index is 1.36. The van der Waals surface area contributed by atoms with Gasteiger partial charge in [-0.1, -0.05) is 17.8 Å². The van der Waals surface area contributed by atoms with Crippen LogP contribution < -0.4 is 10.2 Å². The molecule has 1 aromatic carbocycles. The van der Waals surface area contributed by atoms with Gasteiger partial charge in [0.05, 0.1) is 10.6 Å². The number of piperazine rings is 1. The molecule has 3 heterocycles. The van der Waals surface area contributed by atoms with Crippen molar-refractivity contribution in [3.05, 3.63) is 41.3 Å². The first-order valence-corrected chi connectivity index (χ1v) is 12.4. The normalized spacial score (nSPS) is 14.7. The van der Waals surface area contributed by atoms with Crippen LogP contribution in [-0.2, 0) is 11.3 Å². The Morgan fingerprint density at radius 1 is 1.19 bits per heavy atom. The molecule has 7 nitrogen and oxygen atoms in total. The van der Waals surface area contributed by atoms with E-state index in [-0.39, 0.29) is 5.91 Å². The molecule has 1 aliphatic rings. The maximum absolute atomic E-state index is 12.6. The highest BCUT2D eigenvalue weighted by atomic mass is 32.2. The number of rotatable bonds is 7. The fraction of sp³-hybridized carbons (Fsp3) is 0.409. The van der Waals surface area contributed by atoms with Gasteiger partial charge in [0.2, 0.25) is 5.91 Å². The molecule has 0 atom stereocenters. The van der Waals surface area contributed by atoms with Crippen LogP contribution in [0.2, 0.25) is 0 Å². The van der Waals surface area contributed by atoms with Crippen molar-refractivity contribution in [1.82, 2.24) is 19.7 Å². The zero-order valence-electron chi connectivity index (χ0n) is 18.2. The van der Waals surface area contributed by atoms with E-state index in [1.807, 2.05) is 30.5 Å². The summed E-state index contributed by atoms with van der Waals surface area (Å²) >= 11 is 3.06. The summed E-state index contributed by atoms with van der Waals surface area (Å²) in [4.78, 5) is 18.4. The van der Waals surface area contributed by atoms with E-state index in [1.54, 1.807) is 11.3 Å². The van der Waals surface area contributed by atoms with Gasteiger partial charge >= 0.3 is 0 Å². The maximum Gasteiger partial charge on any atom is 0.234 e. The van der Waals surface area contributed by atoms with Crippen LogP contribution in [0.25, 0.3) is 10.7 Å². The quantitative estimate of drug-likeness (QED) is 0.545. The number of thiophene rings is 1. The number of anilines is 2. The molecule has 0 unspecified atom stereocenters. The van der Waals surface area contributed by atoms with Crippen molar-refractivity contribution < 1.29 is 4.79 Å². The van der Waals surface area contributed by atoms with Crippen LogP contribution in [-0.4, -0.2) is 64.6 Å². The molecule has 1 saturated heterocycles. The van der Waals surface area contributed by atoms with Crippen molar-refractivity contribution in [2.45, 2.75) is 25.5 Å². The molecule has 0 aliphatic carbocycles. The van der Waals surface area contributed by atoms with Crippen LogP contribution in [0.3, 0.4) is 0 Å². The largest absolute Gasteiger partial charge is 0.369 e. The highest BCUT2D eigenvalue weighted by Crippen LogP contribution is 2.28. The molecule has 0 bridgehead atoms. The van der Waals surface area contributed by atoms with Gasteiger partial charge < -0.3 is 19.7 Å². The SMILES string of the molecule is CCn1c(SCC(=O)Nc2ccc(N3CCN(C)CC3)cc2C)nnc1-c1cccs1. The predicted octanol–water partition coefficient (Wildman–Crippen LogP) is 3.82. The van der Waals surface area contributed by atoms with E-state index in [0.29, 0.717) is 5.75 Å². The van der Waals surface area contributed by atoms with E-state index in [4.69, 9.17) is 0 Å². The third kappa shape index (κ3) is 5.11. The van der Waals surface area contributed by atoms with Crippen LogP contribution in [0, 0.1) is 6.92 Å². The number of amides is 1. The summed E-state index contributed by atoms with van der Waals surface area (Å²) < 4.78 is 2.06. The Bertz CT molecular complexity index is 1020. The van der Waals surface area contributed by atoms with Gasteiger partial charge in [-0.25, -0.2) is 0 Å². The Morgan fingerprint density at radius 2 is 2.00 bits per heavy atom. The summed E-state index contributed by atoms with van der Waals surface area (Å²) in [6.07, 6.45) is 0. The monoisotopic (exact) mass is 456 g/mol. The Morgan fingerprint density at radius 3 is 2.68 bits per heavy atom. The minimum Gasteiger partial charge on any atom is -0.369 e. The third-order valence-corrected chi connectivity index (χ3v) is 7.29. The van der Waals surface area contributed by atoms with Crippen molar-refractivity contribution in [3.63, 3.8) is 0 Å². The smallest absolute Gasteiger partial charge is 0.234 e. The Hall–Kier alpha value is -2.36. The third-order valence-electron chi connectivity index (χ3n) is 5.46. The fourth-order valence-electron chi connectivity index (χ4n) is 3.63. The van der Waals surface area contributed by atoms with Gasteiger partial charge in [0.15, 0.2) is 11.0 Å². The van der Waals surface area contributed by atoms with E-state index in [1.165, 1.54) is 17.4 Å². The number of likely N-dealkylation sites (N-methyl/N-ethyl adjacent to an activating group) is 1. The molecule has 9 heteroatoms. The summed E-state index contributed by atoms with van der Waals surface area (Å²) in [5.74, 6) is 1.11. The second-order valence-electron chi connectivity index (χ2n) is 7.65. The van der Waals surface area contributed by atoms with Gasteiger partial charge in [0.25, 0.3) is 0 Å². The van der Waals surface area contributed by atoms with E-state index in [2.05, 4.69) is 56.0 Å². The fourth-order valence-corrected chi connectivity index (χ4v) is 5.15. The zero-order chi connectivity index (χ0) is 21.8. The van der Waals surface area contributed by atoms with Crippen LogP contribution in [0.15, 0.2) is 40.9 Å². The number of benzene rings is 1. The van der Waals surface area contributed by atoms with Gasteiger partial charge in [-0.3, -0.25) is 4.79 Å². The number of carbonyl (C=O) groups is 1. The highest BCUT2D eigenvalue weighted by molar-refractivity contribution is 7.99. The number of aryl methyl sites for hydroxylation is 1. The van der Waals surface area contributed by atoms with Crippen LogP contribution >= 0.6 is 23.1 Å². The predicted molar refractivity (Wildman–Crippen MR) is 129 cm³/mol. The molecule has 31 heavy (non-hydrogen) atoms. The zero-order valence-corrected chi connectivity index (χ0v) is 19.8. The molecule has 1 N–H and O–H groups in total. The average Bonchev–Trinajstić information content (AvgIpc) is 3.43. The lowest BCUT2D eigenvalue weighted by molar-refractivity contribution is -0.113. The maximum atomic E-state index is 12.6. The van der Waals surface area contributed by atoms with Gasteiger partial charge in [0.1, 0.15) is 0 Å². The lowest BCUT2D eigenvalue weighted by Crippen LogP contribution is -2.44. The number of aromatic nitrogens is 3. The lowest BCUT2D eigenvalue weighted by Gasteiger charge is -2.34. The first kappa shape index (κ1) is 21.9. The summed E-state index contributed by atoms with van der Waals surface area (Å²) in [5.41, 5.74) is 3.15. The van der Waals surface area contributed by atoms with E-state index in [0.717, 1.165) is 59.8 Å². The average molecular weight is 457 g/mol. The van der Waals surface area contributed by atoms with E-state index < -0.39 is 0 Å². The minimum absolute atomic E-state index is 0.0382. The Kier molecular flexibility index (Phi) is 6.94. The van der Waals surface area contributed by atoms with Crippen molar-refractivity contribution in [3.8, 4) is 10.7 Å². The first-order valence-electron chi connectivity index (χ1n) is 10.5. The summed E-state index contributed by atoms with van der Waals surface area (Å²) in [6.45, 7) is 9.08. The molecular weight excluding hydrogens is 428 g/mol. The second kappa shape index (κ2) is 9.84. The molecule has 0 radical (unpaired) electrons. The molecule has 1 fully saturated rings. The Labute approximate surface area is 191 Å². The molecular formula is C22H28N6OS2. The minimum atomic E-state index is -0.0382. The molecule has 1 amide bonds. The molecule has 3 aromatic rings. The molecule has 4 rings (SSSR count). The standard InChI is InChI=1S/C22H28N6OS2/c1-4-28-21(19-6-5-13-30-19)24-25-22(28)31-15-20(29)23-18-8-7-17(14-16(18)2)27-11-9-26(3)10-12-27/h5-8,13-14H,4,9-12,15H2,1-3H3,(H,23,29). The van der Waals surface area contributed by atoms with Gasteiger partial charge in [0, 0.05) is 44.1 Å². The number of nitrogens with one attached hydrogen (secondary N) is 1.